The molecular formula is C10H10ClF2NO2S. The lowest BCUT2D eigenvalue weighted by molar-refractivity contribution is -0.390. The Morgan fingerprint density at radius 3 is 2.71 bits per heavy atom. The number of thioether (sulfide) groups is 1. The van der Waals surface area contributed by atoms with Gasteiger partial charge in [0.2, 0.25) is 5.82 Å². The highest BCUT2D eigenvalue weighted by molar-refractivity contribution is 7.99. The standard InChI is InChI=1S/C10H10ClF2NO2S/c1-6(4-11)5-17-9-3-7(12)2-8(13)10(9)14(15)16/h2-3,6H,4-5H2,1H3. The van der Waals surface area contributed by atoms with E-state index in [-0.39, 0.29) is 10.8 Å². The number of hydrogen-bond acceptors (Lipinski definition) is 3. The number of halogens is 3. The number of alkyl halides is 1. The fraction of sp³-hybridized carbons (Fsp3) is 0.400. The van der Waals surface area contributed by atoms with E-state index in [9.17, 15) is 18.9 Å². The molecule has 0 aliphatic heterocycles. The van der Waals surface area contributed by atoms with Gasteiger partial charge in [-0.1, -0.05) is 6.92 Å². The third-order valence-corrected chi connectivity index (χ3v) is 3.85. The topological polar surface area (TPSA) is 43.1 Å². The molecule has 0 aliphatic carbocycles. The average Bonchev–Trinajstić information content (AvgIpc) is 2.24. The minimum Gasteiger partial charge on any atom is -0.258 e. The molecule has 0 aromatic heterocycles. The van der Waals surface area contributed by atoms with E-state index in [0.29, 0.717) is 17.7 Å². The zero-order chi connectivity index (χ0) is 13.0. The van der Waals surface area contributed by atoms with Crippen molar-refractivity contribution in [2.45, 2.75) is 11.8 Å². The van der Waals surface area contributed by atoms with Gasteiger partial charge in [-0.15, -0.1) is 23.4 Å². The first kappa shape index (κ1) is 14.2. The molecular weight excluding hydrogens is 272 g/mol. The fourth-order valence-electron chi connectivity index (χ4n) is 1.11. The lowest BCUT2D eigenvalue weighted by Crippen LogP contribution is -2.01. The van der Waals surface area contributed by atoms with Crippen LogP contribution in [-0.2, 0) is 0 Å². The first-order valence-electron chi connectivity index (χ1n) is 4.78. The van der Waals surface area contributed by atoms with E-state index >= 15 is 0 Å². The molecule has 0 radical (unpaired) electrons. The van der Waals surface area contributed by atoms with Gasteiger partial charge in [0.05, 0.1) is 9.82 Å². The van der Waals surface area contributed by atoms with Crippen molar-refractivity contribution in [3.05, 3.63) is 33.9 Å². The van der Waals surface area contributed by atoms with Crippen molar-refractivity contribution in [1.82, 2.24) is 0 Å². The van der Waals surface area contributed by atoms with E-state index in [1.54, 1.807) is 0 Å². The zero-order valence-electron chi connectivity index (χ0n) is 8.95. The monoisotopic (exact) mass is 281 g/mol. The Morgan fingerprint density at radius 1 is 1.53 bits per heavy atom. The van der Waals surface area contributed by atoms with Crippen LogP contribution < -0.4 is 0 Å². The van der Waals surface area contributed by atoms with Crippen LogP contribution in [0.1, 0.15) is 6.92 Å². The summed E-state index contributed by atoms with van der Waals surface area (Å²) in [6, 6.07) is 1.47. The van der Waals surface area contributed by atoms with Crippen molar-refractivity contribution < 1.29 is 13.7 Å². The van der Waals surface area contributed by atoms with Crippen molar-refractivity contribution in [3.8, 4) is 0 Å². The predicted molar refractivity (Wildman–Crippen MR) is 63.6 cm³/mol. The van der Waals surface area contributed by atoms with Gasteiger partial charge >= 0.3 is 5.69 Å². The summed E-state index contributed by atoms with van der Waals surface area (Å²) in [5.41, 5.74) is -0.682. The molecule has 0 amide bonds. The van der Waals surface area contributed by atoms with Crippen LogP contribution in [0, 0.1) is 27.7 Å². The number of nitro benzene ring substituents is 1. The minimum absolute atomic E-state index is 0.00975. The molecule has 1 aromatic carbocycles. The molecule has 94 valence electrons. The van der Waals surface area contributed by atoms with Crippen LogP contribution >= 0.6 is 23.4 Å². The third-order valence-electron chi connectivity index (χ3n) is 1.96. The molecule has 0 fully saturated rings. The molecule has 1 rings (SSSR count). The zero-order valence-corrected chi connectivity index (χ0v) is 10.5. The number of nitro groups is 1. The molecule has 17 heavy (non-hydrogen) atoms. The van der Waals surface area contributed by atoms with Crippen molar-refractivity contribution in [2.75, 3.05) is 11.6 Å². The second kappa shape index (κ2) is 6.16. The molecule has 0 saturated heterocycles. The SMILES string of the molecule is CC(CCl)CSc1cc(F)cc(F)c1[N+](=O)[O-]. The van der Waals surface area contributed by atoms with Crippen LogP contribution in [0.2, 0.25) is 0 Å². The molecule has 1 aromatic rings. The van der Waals surface area contributed by atoms with Gasteiger partial charge < -0.3 is 0 Å². The van der Waals surface area contributed by atoms with Crippen LogP contribution in [0.15, 0.2) is 17.0 Å². The summed E-state index contributed by atoms with van der Waals surface area (Å²) in [5, 5.41) is 10.7. The lowest BCUT2D eigenvalue weighted by atomic mass is 10.3. The second-order valence-electron chi connectivity index (χ2n) is 3.56. The molecule has 1 atom stereocenters. The predicted octanol–water partition coefficient (Wildman–Crippen LogP) is 3.84. The number of benzene rings is 1. The molecule has 3 nitrogen and oxygen atoms in total. The summed E-state index contributed by atoms with van der Waals surface area (Å²) in [6.45, 7) is 1.85. The maximum atomic E-state index is 13.2. The van der Waals surface area contributed by atoms with E-state index in [2.05, 4.69) is 0 Å². The van der Waals surface area contributed by atoms with Gasteiger partial charge in [0, 0.05) is 17.7 Å². The Morgan fingerprint density at radius 2 is 2.18 bits per heavy atom. The number of rotatable bonds is 5. The highest BCUT2D eigenvalue weighted by Crippen LogP contribution is 2.33. The normalized spacial score (nSPS) is 12.5. The highest BCUT2D eigenvalue weighted by Gasteiger charge is 2.22. The van der Waals surface area contributed by atoms with Crippen LogP contribution in [-0.4, -0.2) is 16.6 Å². The molecule has 0 N–H and O–H groups in total. The van der Waals surface area contributed by atoms with Gasteiger partial charge in [-0.25, -0.2) is 4.39 Å². The second-order valence-corrected chi connectivity index (χ2v) is 4.93. The van der Waals surface area contributed by atoms with Crippen molar-refractivity contribution in [1.29, 1.82) is 0 Å². The molecule has 0 spiro atoms. The smallest absolute Gasteiger partial charge is 0.258 e. The third kappa shape index (κ3) is 3.81. The number of nitrogens with zero attached hydrogens (tertiary/aromatic N) is 1. The van der Waals surface area contributed by atoms with E-state index in [1.807, 2.05) is 6.92 Å². The maximum Gasteiger partial charge on any atom is 0.318 e. The van der Waals surface area contributed by atoms with E-state index in [1.165, 1.54) is 0 Å². The Bertz CT molecular complexity index is 431. The van der Waals surface area contributed by atoms with E-state index in [0.717, 1.165) is 17.8 Å². The van der Waals surface area contributed by atoms with Crippen LogP contribution in [0.3, 0.4) is 0 Å². The summed E-state index contributed by atoms with van der Waals surface area (Å²) in [6.07, 6.45) is 0. The van der Waals surface area contributed by atoms with Crippen LogP contribution in [0.5, 0.6) is 0 Å². The minimum atomic E-state index is -1.16. The van der Waals surface area contributed by atoms with E-state index < -0.39 is 22.2 Å². The first-order valence-corrected chi connectivity index (χ1v) is 6.30. The summed E-state index contributed by atoms with van der Waals surface area (Å²) in [4.78, 5) is 9.82. The molecule has 1 unspecified atom stereocenters. The number of hydrogen-bond donors (Lipinski definition) is 0. The Labute approximate surface area is 106 Å². The maximum absolute atomic E-state index is 13.2. The van der Waals surface area contributed by atoms with Gasteiger partial charge in [-0.3, -0.25) is 10.1 Å². The largest absolute Gasteiger partial charge is 0.318 e. The fourth-order valence-corrected chi connectivity index (χ4v) is 2.43. The summed E-state index contributed by atoms with van der Waals surface area (Å²) >= 11 is 6.62. The molecule has 0 heterocycles. The van der Waals surface area contributed by atoms with Crippen molar-refractivity contribution in [3.63, 3.8) is 0 Å². The van der Waals surface area contributed by atoms with Crippen LogP contribution in [0.25, 0.3) is 0 Å². The molecule has 7 heteroatoms. The highest BCUT2D eigenvalue weighted by atomic mass is 35.5. The quantitative estimate of drug-likeness (QED) is 0.356. The molecule has 0 bridgehead atoms. The van der Waals surface area contributed by atoms with E-state index in [4.69, 9.17) is 11.6 Å². The Hall–Kier alpha value is -0.880. The van der Waals surface area contributed by atoms with Gasteiger partial charge in [0.25, 0.3) is 0 Å². The summed E-state index contributed by atoms with van der Waals surface area (Å²) in [5.74, 6) is -1.02. The Kier molecular flexibility index (Phi) is 5.14. The Balaban J connectivity index is 3.00. The summed E-state index contributed by atoms with van der Waals surface area (Å²) < 4.78 is 26.2. The molecule has 0 saturated carbocycles. The molecule has 0 aliphatic rings. The summed E-state index contributed by atoms with van der Waals surface area (Å²) in [7, 11) is 0. The first-order chi connectivity index (χ1) is 7.95. The average molecular weight is 282 g/mol. The lowest BCUT2D eigenvalue weighted by Gasteiger charge is -2.07. The van der Waals surface area contributed by atoms with Gasteiger partial charge in [0.15, 0.2) is 0 Å². The van der Waals surface area contributed by atoms with Crippen molar-refractivity contribution >= 4 is 29.1 Å². The van der Waals surface area contributed by atoms with Gasteiger partial charge in [-0.2, -0.15) is 4.39 Å². The van der Waals surface area contributed by atoms with Gasteiger partial charge in [0.1, 0.15) is 5.82 Å². The van der Waals surface area contributed by atoms with Crippen LogP contribution in [0.4, 0.5) is 14.5 Å². The van der Waals surface area contributed by atoms with Crippen molar-refractivity contribution in [2.24, 2.45) is 5.92 Å². The van der Waals surface area contributed by atoms with Gasteiger partial charge in [-0.05, 0) is 12.0 Å².